The van der Waals surface area contributed by atoms with E-state index in [2.05, 4.69) is 61.2 Å². The molecule has 0 atom stereocenters. The van der Waals surface area contributed by atoms with E-state index in [1.54, 1.807) is 0 Å². The molecule has 2 aromatic carbocycles. The predicted octanol–water partition coefficient (Wildman–Crippen LogP) is 3.29. The van der Waals surface area contributed by atoms with Crippen LogP contribution in [0.1, 0.15) is 0 Å². The van der Waals surface area contributed by atoms with Crippen LogP contribution < -0.4 is 4.46 Å². The summed E-state index contributed by atoms with van der Waals surface area (Å²) < 4.78 is 1.46. The third-order valence-corrected chi connectivity index (χ3v) is 4.57. The Balaban J connectivity index is 2.36. The molecule has 0 saturated heterocycles. The Morgan fingerprint density at radius 1 is 0.938 bits per heavy atom. The Morgan fingerprint density at radius 3 is 2.38 bits per heavy atom. The van der Waals surface area contributed by atoms with E-state index in [4.69, 9.17) is 0 Å². The maximum absolute atomic E-state index is 3.79. The van der Waals surface area contributed by atoms with Crippen molar-refractivity contribution in [3.63, 3.8) is 0 Å². The Labute approximate surface area is 103 Å². The van der Waals surface area contributed by atoms with Gasteiger partial charge in [0.05, 0.1) is 0 Å². The van der Waals surface area contributed by atoms with Gasteiger partial charge in [0.25, 0.3) is 0 Å². The van der Waals surface area contributed by atoms with Crippen LogP contribution in [0, 0.1) is 0 Å². The van der Waals surface area contributed by atoms with Gasteiger partial charge in [-0.15, -0.1) is 0 Å². The van der Waals surface area contributed by atoms with Crippen molar-refractivity contribution in [1.29, 1.82) is 0 Å². The molecule has 0 aliphatic carbocycles. The Hall–Kier alpha value is -1.30. The fraction of sp³-hybridized carbons (Fsp3) is 0.0667. The average molecular weight is 273 g/mol. The molecule has 0 nitrogen and oxygen atoms in total. The minimum absolute atomic E-state index is 0.494. The average Bonchev–Trinajstić information content (AvgIpc) is 2.38. The van der Waals surface area contributed by atoms with E-state index in [-0.39, 0.29) is 0 Å². The van der Waals surface area contributed by atoms with Gasteiger partial charge in [0.15, 0.2) is 0 Å². The van der Waals surface area contributed by atoms with Crippen molar-refractivity contribution >= 4 is 19.4 Å². The topological polar surface area (TPSA) is 0 Å². The van der Waals surface area contributed by atoms with E-state index < -0.39 is 0 Å². The van der Waals surface area contributed by atoms with Crippen LogP contribution in [0.4, 0.5) is 0 Å². The standard InChI is InChI=1S/C15H14Se/c1-2-12-16-15-11-7-6-10-14(15)13-8-4-3-5-9-13/h2-11H,1,12H2. The normalized spacial score (nSPS) is 10.0. The van der Waals surface area contributed by atoms with Crippen LogP contribution >= 0.6 is 0 Å². The summed E-state index contributed by atoms with van der Waals surface area (Å²) >= 11 is 0.494. The molecule has 0 aliphatic rings. The van der Waals surface area contributed by atoms with Gasteiger partial charge in [-0.25, -0.2) is 0 Å². The third kappa shape index (κ3) is 2.63. The summed E-state index contributed by atoms with van der Waals surface area (Å²) in [6.45, 7) is 3.79. The van der Waals surface area contributed by atoms with E-state index >= 15 is 0 Å². The molecule has 0 amide bonds. The second-order valence-electron chi connectivity index (χ2n) is 3.46. The number of benzene rings is 2. The summed E-state index contributed by atoms with van der Waals surface area (Å²) in [4.78, 5) is 0. The van der Waals surface area contributed by atoms with Crippen molar-refractivity contribution < 1.29 is 0 Å². The predicted molar refractivity (Wildman–Crippen MR) is 72.3 cm³/mol. The van der Waals surface area contributed by atoms with Crippen LogP contribution in [0.5, 0.6) is 0 Å². The van der Waals surface area contributed by atoms with Crippen LogP contribution in [0.25, 0.3) is 11.1 Å². The number of rotatable bonds is 4. The Bertz CT molecular complexity index is 460. The molecule has 16 heavy (non-hydrogen) atoms. The first-order chi connectivity index (χ1) is 7.92. The maximum atomic E-state index is 3.79. The molecule has 0 saturated carbocycles. The molecule has 2 aromatic rings. The second-order valence-corrected chi connectivity index (χ2v) is 5.69. The zero-order valence-corrected chi connectivity index (χ0v) is 10.8. The Morgan fingerprint density at radius 2 is 1.62 bits per heavy atom. The molecule has 80 valence electrons. The van der Waals surface area contributed by atoms with Crippen molar-refractivity contribution in [2.45, 2.75) is 5.32 Å². The molecule has 2 rings (SSSR count). The van der Waals surface area contributed by atoms with Crippen molar-refractivity contribution in [1.82, 2.24) is 0 Å². The molecule has 0 spiro atoms. The van der Waals surface area contributed by atoms with Gasteiger partial charge in [0.1, 0.15) is 0 Å². The SMILES string of the molecule is C=CC[Se]c1ccccc1-c1ccccc1. The Kier molecular flexibility index (Phi) is 3.98. The van der Waals surface area contributed by atoms with Crippen molar-refractivity contribution in [2.75, 3.05) is 0 Å². The summed E-state index contributed by atoms with van der Waals surface area (Å²) in [7, 11) is 0. The molecule has 0 aliphatic heterocycles. The second kappa shape index (κ2) is 5.69. The van der Waals surface area contributed by atoms with Crippen LogP contribution in [-0.4, -0.2) is 15.0 Å². The van der Waals surface area contributed by atoms with Gasteiger partial charge in [0, 0.05) is 0 Å². The van der Waals surface area contributed by atoms with E-state index in [1.807, 2.05) is 6.08 Å². The van der Waals surface area contributed by atoms with Crippen molar-refractivity contribution in [3.8, 4) is 11.1 Å². The van der Waals surface area contributed by atoms with Gasteiger partial charge in [-0.1, -0.05) is 0 Å². The molecule has 0 unspecified atom stereocenters. The summed E-state index contributed by atoms with van der Waals surface area (Å²) in [5, 5.41) is 1.09. The molecule has 0 bridgehead atoms. The number of allylic oxidation sites excluding steroid dienone is 1. The first-order valence-electron chi connectivity index (χ1n) is 5.30. The van der Waals surface area contributed by atoms with Crippen LogP contribution in [0.3, 0.4) is 0 Å². The zero-order chi connectivity index (χ0) is 11.2. The number of hydrogen-bond acceptors (Lipinski definition) is 0. The summed E-state index contributed by atoms with van der Waals surface area (Å²) in [6.07, 6.45) is 2.00. The van der Waals surface area contributed by atoms with Gasteiger partial charge < -0.3 is 0 Å². The molecule has 0 N–H and O–H groups in total. The summed E-state index contributed by atoms with van der Waals surface area (Å²) in [5.74, 6) is 0. The molecular weight excluding hydrogens is 259 g/mol. The van der Waals surface area contributed by atoms with Crippen LogP contribution in [0.15, 0.2) is 67.3 Å². The van der Waals surface area contributed by atoms with Gasteiger partial charge in [-0.05, 0) is 0 Å². The van der Waals surface area contributed by atoms with E-state index in [9.17, 15) is 0 Å². The van der Waals surface area contributed by atoms with E-state index in [0.29, 0.717) is 15.0 Å². The first-order valence-corrected chi connectivity index (χ1v) is 7.37. The van der Waals surface area contributed by atoms with Crippen LogP contribution in [-0.2, 0) is 0 Å². The molecule has 0 heterocycles. The summed E-state index contributed by atoms with van der Waals surface area (Å²) in [5.41, 5.74) is 2.67. The molecular formula is C15H14Se. The third-order valence-electron chi connectivity index (χ3n) is 2.33. The van der Waals surface area contributed by atoms with Crippen molar-refractivity contribution in [2.24, 2.45) is 0 Å². The van der Waals surface area contributed by atoms with Crippen LogP contribution in [0.2, 0.25) is 5.32 Å². The van der Waals surface area contributed by atoms with Gasteiger partial charge >= 0.3 is 103 Å². The van der Waals surface area contributed by atoms with Gasteiger partial charge in [-0.3, -0.25) is 0 Å². The molecule has 0 radical (unpaired) electrons. The molecule has 0 aromatic heterocycles. The summed E-state index contributed by atoms with van der Waals surface area (Å²) in [6, 6.07) is 19.2. The van der Waals surface area contributed by atoms with E-state index in [0.717, 1.165) is 5.32 Å². The van der Waals surface area contributed by atoms with Crippen molar-refractivity contribution in [3.05, 3.63) is 67.3 Å². The van der Waals surface area contributed by atoms with Gasteiger partial charge in [0.2, 0.25) is 0 Å². The molecule has 1 heteroatoms. The van der Waals surface area contributed by atoms with E-state index in [1.165, 1.54) is 15.6 Å². The fourth-order valence-corrected chi connectivity index (χ4v) is 3.30. The number of hydrogen-bond donors (Lipinski definition) is 0. The first kappa shape index (κ1) is 11.2. The van der Waals surface area contributed by atoms with Gasteiger partial charge in [-0.2, -0.15) is 0 Å². The quantitative estimate of drug-likeness (QED) is 0.592. The minimum atomic E-state index is 0.494. The fourth-order valence-electron chi connectivity index (χ4n) is 1.60. The monoisotopic (exact) mass is 274 g/mol. The zero-order valence-electron chi connectivity index (χ0n) is 9.10. The molecule has 0 fully saturated rings.